The summed E-state index contributed by atoms with van der Waals surface area (Å²) in [5.74, 6) is 1.53. The number of rotatable bonds is 2. The minimum Gasteiger partial charge on any atom is -0.382 e. The second-order valence-corrected chi connectivity index (χ2v) is 5.50. The lowest BCUT2D eigenvalue weighted by molar-refractivity contribution is 0.268. The van der Waals surface area contributed by atoms with E-state index in [2.05, 4.69) is 31.3 Å². The van der Waals surface area contributed by atoms with Gasteiger partial charge in [0.05, 0.1) is 0 Å². The molecule has 1 aromatic rings. The van der Waals surface area contributed by atoms with E-state index in [0.717, 1.165) is 16.9 Å². The maximum absolute atomic E-state index is 5.88. The molecule has 1 aromatic carbocycles. The van der Waals surface area contributed by atoms with Crippen LogP contribution in [0.2, 0.25) is 5.02 Å². The van der Waals surface area contributed by atoms with Crippen molar-refractivity contribution in [2.45, 2.75) is 39.2 Å². The molecule has 0 amide bonds. The van der Waals surface area contributed by atoms with Crippen molar-refractivity contribution in [1.82, 2.24) is 0 Å². The average molecular weight is 238 g/mol. The highest BCUT2D eigenvalue weighted by Gasteiger charge is 2.27. The maximum atomic E-state index is 5.88. The fourth-order valence-corrected chi connectivity index (χ4v) is 2.83. The molecule has 0 saturated heterocycles. The van der Waals surface area contributed by atoms with Crippen LogP contribution in [-0.4, -0.2) is 6.04 Å². The molecular weight excluding hydrogens is 218 g/mol. The quantitative estimate of drug-likeness (QED) is 0.794. The molecule has 0 bridgehead atoms. The van der Waals surface area contributed by atoms with E-state index >= 15 is 0 Å². The molecule has 1 aliphatic rings. The Bertz CT molecular complexity index is 323. The Kier molecular flexibility index (Phi) is 3.75. The number of halogens is 1. The van der Waals surface area contributed by atoms with Crippen LogP contribution in [0.15, 0.2) is 24.3 Å². The minimum absolute atomic E-state index is 0.606. The lowest BCUT2D eigenvalue weighted by Crippen LogP contribution is -2.36. The summed E-state index contributed by atoms with van der Waals surface area (Å²) < 4.78 is 0. The smallest absolute Gasteiger partial charge is 0.0407 e. The van der Waals surface area contributed by atoms with E-state index in [1.807, 2.05) is 12.1 Å². The van der Waals surface area contributed by atoms with Crippen LogP contribution in [0.1, 0.15) is 33.1 Å². The predicted octanol–water partition coefficient (Wildman–Crippen LogP) is 4.58. The molecule has 0 radical (unpaired) electrons. The predicted molar refractivity (Wildman–Crippen MR) is 71.0 cm³/mol. The first kappa shape index (κ1) is 11.8. The molecular formula is C14H20ClN. The minimum atomic E-state index is 0.606. The molecule has 2 atom stereocenters. The Morgan fingerprint density at radius 2 is 1.62 bits per heavy atom. The monoisotopic (exact) mass is 237 g/mol. The zero-order chi connectivity index (χ0) is 11.5. The van der Waals surface area contributed by atoms with E-state index in [1.165, 1.54) is 24.9 Å². The highest BCUT2D eigenvalue weighted by atomic mass is 35.5. The molecule has 16 heavy (non-hydrogen) atoms. The molecule has 2 heteroatoms. The number of hydrogen-bond acceptors (Lipinski definition) is 1. The molecule has 2 unspecified atom stereocenters. The fourth-order valence-electron chi connectivity index (χ4n) is 2.70. The summed E-state index contributed by atoms with van der Waals surface area (Å²) in [6, 6.07) is 8.63. The Hall–Kier alpha value is -0.690. The zero-order valence-corrected chi connectivity index (χ0v) is 10.8. The van der Waals surface area contributed by atoms with Gasteiger partial charge in [0.2, 0.25) is 0 Å². The van der Waals surface area contributed by atoms with Gasteiger partial charge in [0.25, 0.3) is 0 Å². The fraction of sp³-hybridized carbons (Fsp3) is 0.571. The number of anilines is 1. The van der Waals surface area contributed by atoms with Gasteiger partial charge in [-0.05, 0) is 48.9 Å². The lowest BCUT2D eigenvalue weighted by atomic mass is 9.78. The van der Waals surface area contributed by atoms with Crippen LogP contribution in [0.25, 0.3) is 0 Å². The second-order valence-electron chi connectivity index (χ2n) is 5.06. The summed E-state index contributed by atoms with van der Waals surface area (Å²) in [6.07, 6.45) is 4.06. The van der Waals surface area contributed by atoms with Gasteiger partial charge in [-0.1, -0.05) is 31.9 Å². The molecule has 0 heterocycles. The first-order valence-electron chi connectivity index (χ1n) is 6.19. The molecule has 2 rings (SSSR count). The van der Waals surface area contributed by atoms with Crippen LogP contribution in [0.3, 0.4) is 0 Å². The van der Waals surface area contributed by atoms with Crippen molar-refractivity contribution in [3.8, 4) is 0 Å². The van der Waals surface area contributed by atoms with Crippen molar-refractivity contribution < 1.29 is 0 Å². The Balaban J connectivity index is 2.04. The highest BCUT2D eigenvalue weighted by molar-refractivity contribution is 6.30. The van der Waals surface area contributed by atoms with Gasteiger partial charge < -0.3 is 5.32 Å². The molecule has 1 N–H and O–H groups in total. The first-order valence-corrected chi connectivity index (χ1v) is 6.56. The van der Waals surface area contributed by atoms with Gasteiger partial charge >= 0.3 is 0 Å². The molecule has 1 saturated carbocycles. The lowest BCUT2D eigenvalue weighted by Gasteiger charge is -2.35. The van der Waals surface area contributed by atoms with Gasteiger partial charge in [0.1, 0.15) is 0 Å². The third kappa shape index (κ3) is 2.70. The van der Waals surface area contributed by atoms with E-state index in [9.17, 15) is 0 Å². The van der Waals surface area contributed by atoms with Gasteiger partial charge in [0, 0.05) is 16.8 Å². The van der Waals surface area contributed by atoms with Crippen molar-refractivity contribution in [3.05, 3.63) is 29.3 Å². The van der Waals surface area contributed by atoms with E-state index in [0.29, 0.717) is 6.04 Å². The summed E-state index contributed by atoms with van der Waals surface area (Å²) in [5, 5.41) is 4.45. The van der Waals surface area contributed by atoms with Crippen molar-refractivity contribution in [2.75, 3.05) is 5.32 Å². The van der Waals surface area contributed by atoms with Gasteiger partial charge in [0.15, 0.2) is 0 Å². The third-order valence-electron chi connectivity index (χ3n) is 3.72. The normalized spacial score (nSPS) is 30.1. The number of benzene rings is 1. The standard InChI is InChI=1S/C14H20ClN/c1-10-4-3-5-11(2)14(10)16-13-8-6-12(15)7-9-13/h6-11,14,16H,3-5H2,1-2H3. The second kappa shape index (κ2) is 5.09. The summed E-state index contributed by atoms with van der Waals surface area (Å²) >= 11 is 5.88. The van der Waals surface area contributed by atoms with Crippen LogP contribution in [-0.2, 0) is 0 Å². The largest absolute Gasteiger partial charge is 0.382 e. The van der Waals surface area contributed by atoms with Crippen LogP contribution < -0.4 is 5.32 Å². The summed E-state index contributed by atoms with van der Waals surface area (Å²) in [5.41, 5.74) is 1.19. The van der Waals surface area contributed by atoms with E-state index in [-0.39, 0.29) is 0 Å². The van der Waals surface area contributed by atoms with E-state index in [4.69, 9.17) is 11.6 Å². The third-order valence-corrected chi connectivity index (χ3v) is 3.97. The molecule has 88 valence electrons. The molecule has 1 fully saturated rings. The Labute approximate surface area is 103 Å². The molecule has 1 nitrogen and oxygen atoms in total. The summed E-state index contributed by atoms with van der Waals surface area (Å²) in [4.78, 5) is 0. The van der Waals surface area contributed by atoms with Gasteiger partial charge in [-0.2, -0.15) is 0 Å². The van der Waals surface area contributed by atoms with Crippen LogP contribution in [0.5, 0.6) is 0 Å². The maximum Gasteiger partial charge on any atom is 0.0407 e. The van der Waals surface area contributed by atoms with Gasteiger partial charge in [-0.3, -0.25) is 0 Å². The molecule has 0 aromatic heterocycles. The molecule has 0 aliphatic heterocycles. The highest BCUT2D eigenvalue weighted by Crippen LogP contribution is 2.31. The van der Waals surface area contributed by atoms with Crippen LogP contribution in [0.4, 0.5) is 5.69 Å². The van der Waals surface area contributed by atoms with Gasteiger partial charge in [-0.15, -0.1) is 0 Å². The zero-order valence-electron chi connectivity index (χ0n) is 10.0. The van der Waals surface area contributed by atoms with E-state index in [1.54, 1.807) is 0 Å². The van der Waals surface area contributed by atoms with Gasteiger partial charge in [-0.25, -0.2) is 0 Å². The molecule has 0 spiro atoms. The Morgan fingerprint density at radius 3 is 2.19 bits per heavy atom. The summed E-state index contributed by atoms with van der Waals surface area (Å²) in [6.45, 7) is 4.70. The van der Waals surface area contributed by atoms with Crippen molar-refractivity contribution >= 4 is 17.3 Å². The van der Waals surface area contributed by atoms with Crippen molar-refractivity contribution in [3.63, 3.8) is 0 Å². The molecule has 1 aliphatic carbocycles. The SMILES string of the molecule is CC1CCCC(C)C1Nc1ccc(Cl)cc1. The summed E-state index contributed by atoms with van der Waals surface area (Å²) in [7, 11) is 0. The van der Waals surface area contributed by atoms with Crippen molar-refractivity contribution in [2.24, 2.45) is 11.8 Å². The van der Waals surface area contributed by atoms with Crippen LogP contribution >= 0.6 is 11.6 Å². The number of nitrogens with one attached hydrogen (secondary N) is 1. The van der Waals surface area contributed by atoms with E-state index < -0.39 is 0 Å². The number of hydrogen-bond donors (Lipinski definition) is 1. The first-order chi connectivity index (χ1) is 7.66. The Morgan fingerprint density at radius 1 is 1.06 bits per heavy atom. The average Bonchev–Trinajstić information content (AvgIpc) is 2.26. The van der Waals surface area contributed by atoms with Crippen LogP contribution in [0, 0.1) is 11.8 Å². The van der Waals surface area contributed by atoms with Crippen molar-refractivity contribution in [1.29, 1.82) is 0 Å². The topological polar surface area (TPSA) is 12.0 Å².